The molecule has 24 heavy (non-hydrogen) atoms. The van der Waals surface area contributed by atoms with Crippen molar-refractivity contribution in [2.45, 2.75) is 39.2 Å². The van der Waals surface area contributed by atoms with E-state index in [1.54, 1.807) is 6.92 Å². The van der Waals surface area contributed by atoms with Crippen LogP contribution in [0.15, 0.2) is 30.3 Å². The lowest BCUT2D eigenvalue weighted by atomic mass is 9.99. The lowest BCUT2D eigenvalue weighted by Crippen LogP contribution is -2.47. The van der Waals surface area contributed by atoms with Gasteiger partial charge in [0.2, 0.25) is 5.91 Å². The van der Waals surface area contributed by atoms with Crippen molar-refractivity contribution in [2.24, 2.45) is 5.92 Å². The highest BCUT2D eigenvalue weighted by molar-refractivity contribution is 7.92. The zero-order chi connectivity index (χ0) is 18.2. The highest BCUT2D eigenvalue weighted by Crippen LogP contribution is 2.09. The van der Waals surface area contributed by atoms with Crippen molar-refractivity contribution in [3.63, 3.8) is 0 Å². The number of carbonyl (C=O) groups is 2. The Kier molecular flexibility index (Phi) is 7.91. The highest BCUT2D eigenvalue weighted by atomic mass is 32.2. The fraction of sp³-hybridized carbons (Fsp3) is 0.529. The normalized spacial score (nSPS) is 13.9. The Morgan fingerprint density at radius 1 is 1.21 bits per heavy atom. The molecule has 0 spiro atoms. The van der Waals surface area contributed by atoms with Crippen LogP contribution in [0.4, 0.5) is 0 Å². The summed E-state index contributed by atoms with van der Waals surface area (Å²) >= 11 is 0. The van der Waals surface area contributed by atoms with Crippen LogP contribution >= 0.6 is 0 Å². The molecule has 0 aliphatic carbocycles. The molecule has 1 rings (SSSR count). The molecule has 0 saturated carbocycles. The van der Waals surface area contributed by atoms with Crippen LogP contribution in [0.25, 0.3) is 0 Å². The zero-order valence-corrected chi connectivity index (χ0v) is 14.9. The van der Waals surface area contributed by atoms with Gasteiger partial charge in [-0.05, 0) is 24.3 Å². The largest absolute Gasteiger partial charge is 0.480 e. The van der Waals surface area contributed by atoms with Gasteiger partial charge in [0.1, 0.15) is 11.8 Å². The SMILES string of the molecule is CC[C@H](C)[C@H](NC(=O)CS(=O)(=O)CCCc1ccccc1)C(=O)O. The molecule has 1 aromatic carbocycles. The van der Waals surface area contributed by atoms with E-state index in [-0.39, 0.29) is 11.7 Å². The maximum Gasteiger partial charge on any atom is 0.326 e. The molecule has 1 aromatic rings. The van der Waals surface area contributed by atoms with E-state index in [0.29, 0.717) is 19.3 Å². The number of rotatable bonds is 10. The molecular weight excluding hydrogens is 330 g/mol. The molecule has 0 fully saturated rings. The summed E-state index contributed by atoms with van der Waals surface area (Å²) in [6, 6.07) is 8.44. The summed E-state index contributed by atoms with van der Waals surface area (Å²) in [7, 11) is -3.56. The molecule has 0 aliphatic rings. The standard InChI is InChI=1S/C17H25NO5S/c1-3-13(2)16(17(20)21)18-15(19)12-24(22,23)11-7-10-14-8-5-4-6-9-14/h4-6,8-9,13,16H,3,7,10-12H2,1-2H3,(H,18,19)(H,20,21)/t13-,16-/m0/s1. The van der Waals surface area contributed by atoms with E-state index in [1.807, 2.05) is 37.3 Å². The van der Waals surface area contributed by atoms with Crippen molar-refractivity contribution in [3.8, 4) is 0 Å². The van der Waals surface area contributed by atoms with Gasteiger partial charge in [-0.25, -0.2) is 13.2 Å². The maximum atomic E-state index is 12.0. The fourth-order valence-corrected chi connectivity index (χ4v) is 3.52. The summed E-state index contributed by atoms with van der Waals surface area (Å²) < 4.78 is 24.0. The van der Waals surface area contributed by atoms with Gasteiger partial charge in [-0.1, -0.05) is 50.6 Å². The minimum Gasteiger partial charge on any atom is -0.480 e. The van der Waals surface area contributed by atoms with Crippen LogP contribution in [0.3, 0.4) is 0 Å². The van der Waals surface area contributed by atoms with Crippen molar-refractivity contribution in [1.29, 1.82) is 0 Å². The molecule has 134 valence electrons. The average molecular weight is 355 g/mol. The van der Waals surface area contributed by atoms with E-state index >= 15 is 0 Å². The molecule has 7 heteroatoms. The van der Waals surface area contributed by atoms with Gasteiger partial charge in [0, 0.05) is 0 Å². The maximum absolute atomic E-state index is 12.0. The number of hydrogen-bond donors (Lipinski definition) is 2. The topological polar surface area (TPSA) is 101 Å². The van der Waals surface area contributed by atoms with Gasteiger partial charge >= 0.3 is 5.97 Å². The number of carbonyl (C=O) groups excluding carboxylic acids is 1. The Balaban J connectivity index is 2.50. The van der Waals surface area contributed by atoms with Gasteiger partial charge in [0.05, 0.1) is 5.75 Å². The third kappa shape index (κ3) is 7.12. The van der Waals surface area contributed by atoms with Gasteiger partial charge in [0.15, 0.2) is 9.84 Å². The van der Waals surface area contributed by atoms with Crippen molar-refractivity contribution < 1.29 is 23.1 Å². The smallest absolute Gasteiger partial charge is 0.326 e. The first kappa shape index (κ1) is 20.2. The van der Waals surface area contributed by atoms with Gasteiger partial charge < -0.3 is 10.4 Å². The second-order valence-corrected chi connectivity index (χ2v) is 8.13. The Labute approximate surface area is 143 Å². The van der Waals surface area contributed by atoms with Gasteiger partial charge in [-0.2, -0.15) is 0 Å². The third-order valence-electron chi connectivity index (χ3n) is 3.91. The van der Waals surface area contributed by atoms with Crippen LogP contribution in [0.1, 0.15) is 32.3 Å². The number of benzene rings is 1. The first-order valence-corrected chi connectivity index (χ1v) is 9.84. The second-order valence-electron chi connectivity index (χ2n) is 5.95. The molecule has 0 heterocycles. The van der Waals surface area contributed by atoms with Crippen LogP contribution in [0.5, 0.6) is 0 Å². The van der Waals surface area contributed by atoms with Crippen LogP contribution in [-0.2, 0) is 25.8 Å². The lowest BCUT2D eigenvalue weighted by Gasteiger charge is -2.20. The molecule has 0 aliphatic heterocycles. The van der Waals surface area contributed by atoms with Gasteiger partial charge in [-0.3, -0.25) is 4.79 Å². The second kappa shape index (κ2) is 9.42. The average Bonchev–Trinajstić information content (AvgIpc) is 2.52. The minimum atomic E-state index is -3.56. The summed E-state index contributed by atoms with van der Waals surface area (Å²) in [5.74, 6) is -2.97. The molecule has 0 saturated heterocycles. The Morgan fingerprint density at radius 2 is 1.83 bits per heavy atom. The summed E-state index contributed by atoms with van der Waals surface area (Å²) in [5.41, 5.74) is 1.04. The quantitative estimate of drug-likeness (QED) is 0.665. The molecule has 2 N–H and O–H groups in total. The number of hydrogen-bond acceptors (Lipinski definition) is 4. The zero-order valence-electron chi connectivity index (χ0n) is 14.1. The molecule has 0 aromatic heterocycles. The summed E-state index contributed by atoms with van der Waals surface area (Å²) in [6.45, 7) is 3.51. The van der Waals surface area contributed by atoms with E-state index in [9.17, 15) is 18.0 Å². The van der Waals surface area contributed by atoms with E-state index in [4.69, 9.17) is 5.11 Å². The molecule has 0 radical (unpaired) electrons. The van der Waals surface area contributed by atoms with Gasteiger partial charge in [0.25, 0.3) is 0 Å². The highest BCUT2D eigenvalue weighted by Gasteiger charge is 2.27. The summed E-state index contributed by atoms with van der Waals surface area (Å²) in [6.07, 6.45) is 1.61. The van der Waals surface area contributed by atoms with Crippen molar-refractivity contribution in [3.05, 3.63) is 35.9 Å². The number of nitrogens with one attached hydrogen (secondary N) is 1. The van der Waals surface area contributed by atoms with Crippen LogP contribution in [0.2, 0.25) is 0 Å². The Bertz CT molecular complexity index is 642. The first-order chi connectivity index (χ1) is 11.2. The number of amides is 1. The van der Waals surface area contributed by atoms with Crippen molar-refractivity contribution in [2.75, 3.05) is 11.5 Å². The lowest BCUT2D eigenvalue weighted by molar-refractivity contribution is -0.143. The van der Waals surface area contributed by atoms with E-state index in [2.05, 4.69) is 5.32 Å². The Hall–Kier alpha value is -1.89. The molecule has 2 atom stereocenters. The van der Waals surface area contributed by atoms with Crippen molar-refractivity contribution >= 4 is 21.7 Å². The predicted molar refractivity (Wildman–Crippen MR) is 92.4 cm³/mol. The van der Waals surface area contributed by atoms with Crippen molar-refractivity contribution in [1.82, 2.24) is 5.32 Å². The van der Waals surface area contributed by atoms with Gasteiger partial charge in [-0.15, -0.1) is 0 Å². The van der Waals surface area contributed by atoms with E-state index < -0.39 is 33.5 Å². The monoisotopic (exact) mass is 355 g/mol. The first-order valence-electron chi connectivity index (χ1n) is 8.01. The number of sulfone groups is 1. The van der Waals surface area contributed by atoms with Crippen LogP contribution < -0.4 is 5.32 Å². The molecular formula is C17H25NO5S. The number of carboxylic acid groups (broad SMARTS) is 1. The Morgan fingerprint density at radius 3 is 2.38 bits per heavy atom. The molecule has 0 unspecified atom stereocenters. The van der Waals surface area contributed by atoms with E-state index in [0.717, 1.165) is 5.56 Å². The van der Waals surface area contributed by atoms with Crippen LogP contribution in [-0.4, -0.2) is 42.9 Å². The van der Waals surface area contributed by atoms with E-state index in [1.165, 1.54) is 0 Å². The third-order valence-corrected chi connectivity index (χ3v) is 5.52. The molecule has 1 amide bonds. The number of aliphatic carboxylic acids is 1. The summed E-state index contributed by atoms with van der Waals surface area (Å²) in [4.78, 5) is 23.0. The summed E-state index contributed by atoms with van der Waals surface area (Å²) in [5, 5.41) is 11.4. The molecule has 0 bridgehead atoms. The number of aryl methyl sites for hydroxylation is 1. The minimum absolute atomic E-state index is 0.101. The number of carboxylic acids is 1. The molecule has 6 nitrogen and oxygen atoms in total. The van der Waals surface area contributed by atoms with Crippen LogP contribution in [0, 0.1) is 5.92 Å². The fourth-order valence-electron chi connectivity index (χ4n) is 2.31. The predicted octanol–water partition coefficient (Wildman–Crippen LogP) is 1.65.